The van der Waals surface area contributed by atoms with Crippen LogP contribution < -0.4 is 0 Å². The number of carbonyl (C=O) groups excluding carboxylic acids is 1. The summed E-state index contributed by atoms with van der Waals surface area (Å²) in [6.45, 7) is 6.08. The molecule has 1 aliphatic carbocycles. The Morgan fingerprint density at radius 2 is 1.96 bits per heavy atom. The third-order valence-corrected chi connectivity index (χ3v) is 8.44. The molecule has 9 heteroatoms. The number of thiophene rings is 1. The van der Waals surface area contributed by atoms with Crippen LogP contribution >= 0.6 is 22.9 Å². The predicted octanol–water partition coefficient (Wildman–Crippen LogP) is 2.36. The molecule has 1 saturated heterocycles. The van der Waals surface area contributed by atoms with Gasteiger partial charge in [0.15, 0.2) is 0 Å². The summed E-state index contributed by atoms with van der Waals surface area (Å²) in [4.78, 5) is 16.7. The minimum Gasteiger partial charge on any atom is -0.339 e. The number of amides is 1. The monoisotopic (exact) mass is 419 g/mol. The van der Waals surface area contributed by atoms with Gasteiger partial charge in [0, 0.05) is 32.7 Å². The molecular weight excluding hydrogens is 394 g/mol. The number of rotatable bonds is 8. The Balaban J connectivity index is 1.53. The van der Waals surface area contributed by atoms with Crippen molar-refractivity contribution >= 4 is 38.9 Å². The minimum atomic E-state index is -3.51. The van der Waals surface area contributed by atoms with Crippen molar-refractivity contribution in [1.29, 1.82) is 0 Å². The Labute approximate surface area is 164 Å². The first-order valence-corrected chi connectivity index (χ1v) is 11.8. The number of hydrogen-bond donors (Lipinski definition) is 0. The number of carbonyl (C=O) groups is 1. The molecule has 1 aliphatic heterocycles. The van der Waals surface area contributed by atoms with E-state index in [0.717, 1.165) is 36.8 Å². The summed E-state index contributed by atoms with van der Waals surface area (Å²) >= 11 is 6.93. The third-order valence-electron chi connectivity index (χ3n) is 4.85. The molecule has 1 aromatic rings. The lowest BCUT2D eigenvalue weighted by Gasteiger charge is -2.35. The van der Waals surface area contributed by atoms with E-state index in [1.54, 1.807) is 17.0 Å². The van der Waals surface area contributed by atoms with Gasteiger partial charge in [0.1, 0.15) is 4.21 Å². The summed E-state index contributed by atoms with van der Waals surface area (Å²) in [5.74, 6) is 0.865. The number of hydrogen-bond acceptors (Lipinski definition) is 5. The summed E-state index contributed by atoms with van der Waals surface area (Å²) in [5.41, 5.74) is 0. The molecule has 0 bridgehead atoms. The van der Waals surface area contributed by atoms with Gasteiger partial charge in [0.25, 0.3) is 10.0 Å². The molecule has 0 aromatic carbocycles. The first-order valence-electron chi connectivity index (χ1n) is 9.15. The molecule has 2 fully saturated rings. The van der Waals surface area contributed by atoms with Crippen LogP contribution in [0.1, 0.15) is 26.2 Å². The van der Waals surface area contributed by atoms with E-state index < -0.39 is 10.0 Å². The summed E-state index contributed by atoms with van der Waals surface area (Å²) in [6.07, 6.45) is 3.59. The van der Waals surface area contributed by atoms with Crippen molar-refractivity contribution in [3.8, 4) is 0 Å². The van der Waals surface area contributed by atoms with Crippen LogP contribution in [0.2, 0.25) is 4.34 Å². The molecule has 1 aromatic heterocycles. The van der Waals surface area contributed by atoms with Crippen LogP contribution in [0.4, 0.5) is 0 Å². The number of sulfonamides is 1. The van der Waals surface area contributed by atoms with E-state index in [0.29, 0.717) is 37.1 Å². The standard InChI is InChI=1S/C17H26ClN3O3S2/c1-2-7-19(12-14-3-4-14)13-16(22)20-8-10-21(11-9-20)26(23,24)17-6-5-15(18)25-17/h5-6,14H,2-4,7-13H2,1H3. The van der Waals surface area contributed by atoms with Gasteiger partial charge >= 0.3 is 0 Å². The largest absolute Gasteiger partial charge is 0.339 e. The quantitative estimate of drug-likeness (QED) is 0.649. The van der Waals surface area contributed by atoms with Gasteiger partial charge in [-0.05, 0) is 43.9 Å². The highest BCUT2D eigenvalue weighted by atomic mass is 35.5. The smallest absolute Gasteiger partial charge is 0.252 e. The minimum absolute atomic E-state index is 0.107. The Hall–Kier alpha value is -0.670. The molecule has 2 heterocycles. The van der Waals surface area contributed by atoms with Gasteiger partial charge in [0.05, 0.1) is 10.9 Å². The highest BCUT2D eigenvalue weighted by Crippen LogP contribution is 2.30. The Kier molecular flexibility index (Phi) is 6.61. The predicted molar refractivity (Wildman–Crippen MR) is 104 cm³/mol. The van der Waals surface area contributed by atoms with Crippen molar-refractivity contribution in [3.63, 3.8) is 0 Å². The van der Waals surface area contributed by atoms with Crippen LogP contribution in [0.15, 0.2) is 16.3 Å². The maximum absolute atomic E-state index is 12.6. The van der Waals surface area contributed by atoms with E-state index in [2.05, 4.69) is 11.8 Å². The van der Waals surface area contributed by atoms with Gasteiger partial charge in [0.2, 0.25) is 5.91 Å². The molecule has 1 amide bonds. The zero-order valence-electron chi connectivity index (χ0n) is 15.1. The van der Waals surface area contributed by atoms with Crippen molar-refractivity contribution in [3.05, 3.63) is 16.5 Å². The van der Waals surface area contributed by atoms with Crippen molar-refractivity contribution in [2.24, 2.45) is 5.92 Å². The van der Waals surface area contributed by atoms with E-state index in [-0.39, 0.29) is 10.1 Å². The van der Waals surface area contributed by atoms with Crippen LogP contribution in [-0.2, 0) is 14.8 Å². The Morgan fingerprint density at radius 1 is 1.27 bits per heavy atom. The van der Waals surface area contributed by atoms with Gasteiger partial charge in [-0.15, -0.1) is 11.3 Å². The van der Waals surface area contributed by atoms with Crippen LogP contribution in [0.3, 0.4) is 0 Å². The summed E-state index contributed by atoms with van der Waals surface area (Å²) in [7, 11) is -3.51. The topological polar surface area (TPSA) is 60.9 Å². The fraction of sp³-hybridized carbons (Fsp3) is 0.706. The molecule has 26 heavy (non-hydrogen) atoms. The molecule has 1 saturated carbocycles. The van der Waals surface area contributed by atoms with Gasteiger partial charge in [-0.1, -0.05) is 18.5 Å². The van der Waals surface area contributed by atoms with Crippen molar-refractivity contribution in [2.75, 3.05) is 45.8 Å². The van der Waals surface area contributed by atoms with E-state index in [9.17, 15) is 13.2 Å². The fourth-order valence-corrected chi connectivity index (χ4v) is 6.31. The average molecular weight is 420 g/mol. The highest BCUT2D eigenvalue weighted by Gasteiger charge is 2.32. The molecule has 0 N–H and O–H groups in total. The van der Waals surface area contributed by atoms with Crippen molar-refractivity contribution < 1.29 is 13.2 Å². The van der Waals surface area contributed by atoms with Crippen LogP contribution in [0.25, 0.3) is 0 Å². The molecule has 146 valence electrons. The van der Waals surface area contributed by atoms with Crippen molar-refractivity contribution in [2.45, 2.75) is 30.4 Å². The van der Waals surface area contributed by atoms with Crippen LogP contribution in [-0.4, -0.2) is 74.2 Å². The first-order chi connectivity index (χ1) is 12.4. The molecular formula is C17H26ClN3O3S2. The zero-order chi connectivity index (χ0) is 18.7. The summed E-state index contributed by atoms with van der Waals surface area (Å²) in [6, 6.07) is 3.14. The molecule has 0 unspecified atom stereocenters. The maximum atomic E-state index is 12.6. The Bertz CT molecular complexity index is 725. The van der Waals surface area contributed by atoms with Crippen LogP contribution in [0, 0.1) is 5.92 Å². The SMILES string of the molecule is CCCN(CC(=O)N1CCN(S(=O)(=O)c2ccc(Cl)s2)CC1)CC1CC1. The van der Waals surface area contributed by atoms with Gasteiger partial charge in [-0.25, -0.2) is 8.42 Å². The summed E-state index contributed by atoms with van der Waals surface area (Å²) in [5, 5.41) is 0. The average Bonchev–Trinajstić information content (AvgIpc) is 3.32. The third kappa shape index (κ3) is 4.98. The Morgan fingerprint density at radius 3 is 2.50 bits per heavy atom. The van der Waals surface area contributed by atoms with E-state index in [4.69, 9.17) is 11.6 Å². The van der Waals surface area contributed by atoms with Crippen molar-refractivity contribution in [1.82, 2.24) is 14.1 Å². The number of halogens is 1. The van der Waals surface area contributed by atoms with Crippen LogP contribution in [0.5, 0.6) is 0 Å². The van der Waals surface area contributed by atoms with E-state index in [1.165, 1.54) is 17.1 Å². The molecule has 3 rings (SSSR count). The second-order valence-corrected chi connectivity index (χ2v) is 10.9. The molecule has 0 radical (unpaired) electrons. The van der Waals surface area contributed by atoms with E-state index in [1.807, 2.05) is 0 Å². The zero-order valence-corrected chi connectivity index (χ0v) is 17.5. The number of nitrogens with zero attached hydrogens (tertiary/aromatic N) is 3. The normalized spacial score (nSPS) is 19.3. The molecule has 6 nitrogen and oxygen atoms in total. The van der Waals surface area contributed by atoms with Gasteiger partial charge in [-0.3, -0.25) is 9.69 Å². The molecule has 0 atom stereocenters. The summed E-state index contributed by atoms with van der Waals surface area (Å²) < 4.78 is 27.4. The maximum Gasteiger partial charge on any atom is 0.252 e. The lowest BCUT2D eigenvalue weighted by molar-refractivity contribution is -0.133. The second kappa shape index (κ2) is 8.56. The second-order valence-electron chi connectivity index (χ2n) is 7.02. The molecule has 2 aliphatic rings. The fourth-order valence-electron chi connectivity index (χ4n) is 3.25. The molecule has 0 spiro atoms. The first kappa shape index (κ1) is 20.1. The number of piperazine rings is 1. The highest BCUT2D eigenvalue weighted by molar-refractivity contribution is 7.91. The lowest BCUT2D eigenvalue weighted by Crippen LogP contribution is -2.52. The van der Waals surface area contributed by atoms with Gasteiger partial charge < -0.3 is 4.90 Å². The lowest BCUT2D eigenvalue weighted by atomic mass is 10.3. The van der Waals surface area contributed by atoms with Gasteiger partial charge in [-0.2, -0.15) is 4.31 Å². The van der Waals surface area contributed by atoms with E-state index >= 15 is 0 Å².